The maximum Gasteiger partial charge on any atom is 0.412 e. The van der Waals surface area contributed by atoms with Crippen LogP contribution in [0.5, 0.6) is 0 Å². The highest BCUT2D eigenvalue weighted by Crippen LogP contribution is 2.25. The molecular formula is C37H30FN5O8. The van der Waals surface area contributed by atoms with Crippen LogP contribution in [0.3, 0.4) is 0 Å². The molecule has 51 heavy (non-hydrogen) atoms. The number of nitrogens with one attached hydrogen (secondary N) is 2. The lowest BCUT2D eigenvalue weighted by molar-refractivity contribution is -0.123. The maximum atomic E-state index is 13.8. The van der Waals surface area contributed by atoms with Crippen LogP contribution in [0.2, 0.25) is 0 Å². The predicted molar refractivity (Wildman–Crippen MR) is 182 cm³/mol. The van der Waals surface area contributed by atoms with Crippen LogP contribution in [0.4, 0.5) is 14.9 Å². The van der Waals surface area contributed by atoms with Crippen LogP contribution in [0.15, 0.2) is 119 Å². The molecule has 0 radical (unpaired) electrons. The summed E-state index contributed by atoms with van der Waals surface area (Å²) in [7, 11) is 0. The van der Waals surface area contributed by atoms with Gasteiger partial charge in [-0.15, -0.1) is 0 Å². The zero-order valence-corrected chi connectivity index (χ0v) is 26.7. The Kier molecular flexibility index (Phi) is 10.2. The van der Waals surface area contributed by atoms with Crippen molar-refractivity contribution in [3.05, 3.63) is 148 Å². The Morgan fingerprint density at radius 3 is 2.29 bits per heavy atom. The number of oxazole rings is 1. The van der Waals surface area contributed by atoms with Crippen molar-refractivity contribution in [3.63, 3.8) is 0 Å². The van der Waals surface area contributed by atoms with Crippen LogP contribution in [0, 0.1) is 5.82 Å². The molecule has 2 atom stereocenters. The third-order valence-electron chi connectivity index (χ3n) is 7.83. The third kappa shape index (κ3) is 8.32. The van der Waals surface area contributed by atoms with Gasteiger partial charge in [0.25, 0.3) is 5.56 Å². The number of carbonyl (C=O) groups is 3. The van der Waals surface area contributed by atoms with E-state index in [1.54, 1.807) is 48.5 Å². The van der Waals surface area contributed by atoms with E-state index in [-0.39, 0.29) is 47.1 Å². The zero-order chi connectivity index (χ0) is 35.9. The summed E-state index contributed by atoms with van der Waals surface area (Å²) in [5.41, 5.74) is 1.10. The summed E-state index contributed by atoms with van der Waals surface area (Å²) >= 11 is 0. The minimum Gasteiger partial charge on any atom is -0.478 e. The summed E-state index contributed by atoms with van der Waals surface area (Å²) in [5.74, 6) is -2.58. The topological polar surface area (TPSA) is 186 Å². The molecule has 0 aliphatic rings. The lowest BCUT2D eigenvalue weighted by Gasteiger charge is -2.23. The fraction of sp³-hybridized carbons (Fsp3) is 0.135. The highest BCUT2D eigenvalue weighted by molar-refractivity contribution is 5.91. The molecule has 0 saturated heterocycles. The first kappa shape index (κ1) is 34.2. The predicted octanol–water partition coefficient (Wildman–Crippen LogP) is 5.10. The average molecular weight is 692 g/mol. The number of aromatic nitrogens is 3. The normalized spacial score (nSPS) is 12.2. The molecule has 14 heteroatoms. The number of aliphatic hydroxyl groups is 1. The highest BCUT2D eigenvalue weighted by atomic mass is 19.1. The Bertz CT molecular complexity index is 2240. The molecule has 2 heterocycles. The quantitative estimate of drug-likeness (QED) is 0.135. The molecule has 0 fully saturated rings. The van der Waals surface area contributed by atoms with Gasteiger partial charge in [-0.1, -0.05) is 60.7 Å². The molecule has 0 spiro atoms. The van der Waals surface area contributed by atoms with Crippen LogP contribution in [-0.4, -0.2) is 48.8 Å². The first-order chi connectivity index (χ1) is 24.6. The first-order valence-corrected chi connectivity index (χ1v) is 15.6. The number of benzene rings is 4. The van der Waals surface area contributed by atoms with Crippen molar-refractivity contribution in [2.24, 2.45) is 0 Å². The van der Waals surface area contributed by atoms with E-state index < -0.39 is 48.0 Å². The number of carboxylic acid groups (broad SMARTS) is 1. The van der Waals surface area contributed by atoms with Gasteiger partial charge in [0, 0.05) is 5.56 Å². The Balaban J connectivity index is 1.28. The SMILES string of the molecule is O=C(Cn1c(-c2ccc(F)cc2)ncc(NC(=O)OCc2ccccc2)c1=O)NC(Cc1ccccc1)C(O)c1nc2cc(C(=O)O)ccc2o1. The third-order valence-corrected chi connectivity index (χ3v) is 7.83. The van der Waals surface area contributed by atoms with Gasteiger partial charge >= 0.3 is 12.1 Å². The van der Waals surface area contributed by atoms with Crippen LogP contribution >= 0.6 is 0 Å². The van der Waals surface area contributed by atoms with Crippen molar-refractivity contribution in [1.29, 1.82) is 0 Å². The number of anilines is 1. The van der Waals surface area contributed by atoms with Crippen molar-refractivity contribution in [2.75, 3.05) is 5.32 Å². The largest absolute Gasteiger partial charge is 0.478 e. The second-order valence-corrected chi connectivity index (χ2v) is 11.4. The van der Waals surface area contributed by atoms with E-state index in [1.807, 2.05) is 12.1 Å². The van der Waals surface area contributed by atoms with Gasteiger partial charge in [-0.2, -0.15) is 0 Å². The van der Waals surface area contributed by atoms with E-state index in [0.29, 0.717) is 5.56 Å². The number of ether oxygens (including phenoxy) is 1. The second kappa shape index (κ2) is 15.3. The summed E-state index contributed by atoms with van der Waals surface area (Å²) in [6, 6.07) is 26.0. The summed E-state index contributed by atoms with van der Waals surface area (Å²) in [5, 5.41) is 25.9. The van der Waals surface area contributed by atoms with E-state index in [2.05, 4.69) is 20.6 Å². The van der Waals surface area contributed by atoms with Gasteiger partial charge in [-0.3, -0.25) is 19.5 Å². The lowest BCUT2D eigenvalue weighted by atomic mass is 10.0. The van der Waals surface area contributed by atoms with Crippen LogP contribution in [0.1, 0.15) is 33.5 Å². The molecule has 4 aromatic carbocycles. The molecule has 4 N–H and O–H groups in total. The number of aliphatic hydroxyl groups excluding tert-OH is 1. The van der Waals surface area contributed by atoms with Gasteiger partial charge < -0.3 is 24.7 Å². The highest BCUT2D eigenvalue weighted by Gasteiger charge is 2.29. The van der Waals surface area contributed by atoms with E-state index in [1.165, 1.54) is 42.5 Å². The molecule has 2 amide bonds. The lowest BCUT2D eigenvalue weighted by Crippen LogP contribution is -2.44. The number of halogens is 1. The molecule has 6 rings (SSSR count). The summed E-state index contributed by atoms with van der Waals surface area (Å²) in [4.78, 5) is 60.1. The number of rotatable bonds is 12. The molecule has 2 unspecified atom stereocenters. The maximum absolute atomic E-state index is 13.8. The minimum absolute atomic E-state index is 0.00620. The number of fused-ring (bicyclic) bond motifs is 1. The van der Waals surface area contributed by atoms with Crippen LogP contribution in [0.25, 0.3) is 22.5 Å². The van der Waals surface area contributed by atoms with Gasteiger partial charge in [0.2, 0.25) is 11.8 Å². The fourth-order valence-electron chi connectivity index (χ4n) is 5.31. The van der Waals surface area contributed by atoms with Crippen LogP contribution in [-0.2, 0) is 29.1 Å². The Morgan fingerprint density at radius 2 is 1.61 bits per heavy atom. The average Bonchev–Trinajstić information content (AvgIpc) is 3.57. The molecule has 258 valence electrons. The molecule has 6 aromatic rings. The zero-order valence-electron chi connectivity index (χ0n) is 26.7. The van der Waals surface area contributed by atoms with Crippen molar-refractivity contribution in [3.8, 4) is 11.4 Å². The molecule has 0 bridgehead atoms. The fourth-order valence-corrected chi connectivity index (χ4v) is 5.31. The van der Waals surface area contributed by atoms with Crippen molar-refractivity contribution in [2.45, 2.75) is 31.7 Å². The van der Waals surface area contributed by atoms with Crippen molar-refractivity contribution < 1.29 is 38.1 Å². The first-order valence-electron chi connectivity index (χ1n) is 15.6. The van der Waals surface area contributed by atoms with Gasteiger partial charge in [-0.25, -0.2) is 23.9 Å². The number of carbonyl (C=O) groups excluding carboxylic acids is 2. The van der Waals surface area contributed by atoms with E-state index in [9.17, 15) is 33.8 Å². The second-order valence-electron chi connectivity index (χ2n) is 11.4. The van der Waals surface area contributed by atoms with Gasteiger partial charge in [0.1, 0.15) is 36.0 Å². The summed E-state index contributed by atoms with van der Waals surface area (Å²) < 4.78 is 25.8. The number of amides is 2. The van der Waals surface area contributed by atoms with Gasteiger partial charge in [0.15, 0.2) is 11.7 Å². The molecule has 2 aromatic heterocycles. The monoisotopic (exact) mass is 691 g/mol. The summed E-state index contributed by atoms with van der Waals surface area (Å²) in [6.45, 7) is -0.684. The number of hydrogen-bond acceptors (Lipinski definition) is 9. The number of hydrogen-bond donors (Lipinski definition) is 4. The number of carboxylic acids is 1. The molecule has 0 saturated carbocycles. The molecule has 13 nitrogen and oxygen atoms in total. The van der Waals surface area contributed by atoms with E-state index in [0.717, 1.165) is 21.9 Å². The Morgan fingerprint density at radius 1 is 0.922 bits per heavy atom. The number of nitrogens with zero attached hydrogens (tertiary/aromatic N) is 3. The Hall–Kier alpha value is -6.67. The molecule has 0 aliphatic heterocycles. The summed E-state index contributed by atoms with van der Waals surface area (Å²) in [6.07, 6.45) is -1.21. The smallest absolute Gasteiger partial charge is 0.412 e. The van der Waals surface area contributed by atoms with Gasteiger partial charge in [-0.05, 0) is 60.0 Å². The molecule has 0 aliphatic carbocycles. The number of aromatic carboxylic acids is 1. The van der Waals surface area contributed by atoms with Crippen molar-refractivity contribution in [1.82, 2.24) is 19.9 Å². The van der Waals surface area contributed by atoms with E-state index in [4.69, 9.17) is 9.15 Å². The van der Waals surface area contributed by atoms with Crippen molar-refractivity contribution >= 4 is 34.8 Å². The molecular weight excluding hydrogens is 661 g/mol. The minimum atomic E-state index is -1.51. The Labute approximate surface area is 289 Å². The van der Waals surface area contributed by atoms with E-state index >= 15 is 0 Å². The van der Waals surface area contributed by atoms with Gasteiger partial charge in [0.05, 0.1) is 17.8 Å². The standard InChI is InChI=1S/C37H30FN5O8/c38-26-14-11-24(12-15-26)33-39-19-29(42-37(49)50-21-23-9-5-2-6-10-23)35(46)43(33)20-31(44)40-28(17-22-7-3-1-4-8-22)32(45)34-41-27-18-25(36(47)48)13-16-30(27)51-34/h1-16,18-19,28,32,45H,17,20-21H2,(H,40,44)(H,42,49)(H,47,48). The van der Waals surface area contributed by atoms with Crippen LogP contribution < -0.4 is 16.2 Å².